The maximum Gasteiger partial charge on any atom is 0.141 e. The molecule has 25 heavy (non-hydrogen) atoms. The molecule has 0 bridgehead atoms. The Morgan fingerprint density at radius 1 is 1.08 bits per heavy atom. The van der Waals surface area contributed by atoms with E-state index in [2.05, 4.69) is 25.2 Å². The number of morpholine rings is 1. The van der Waals surface area contributed by atoms with Crippen LogP contribution in [0.15, 0.2) is 42.9 Å². The number of pyridine rings is 1. The maximum atomic E-state index is 5.40. The standard InChI is InChI=1S/C18H19N5O2/c1-24-14-2-3-15-16(11-14)20-12-21-18(15)22-13-4-5-19-17(10-13)23-6-8-25-9-7-23/h2-5,10-12H,6-9H2,1H3,(H,19,20,21,22). The fourth-order valence-electron chi connectivity index (χ4n) is 2.86. The molecule has 0 unspecified atom stereocenters. The minimum Gasteiger partial charge on any atom is -0.497 e. The minimum atomic E-state index is 0.734. The second kappa shape index (κ2) is 6.90. The lowest BCUT2D eigenvalue weighted by Crippen LogP contribution is -2.36. The van der Waals surface area contributed by atoms with Crippen molar-refractivity contribution in [3.05, 3.63) is 42.9 Å². The quantitative estimate of drug-likeness (QED) is 0.784. The van der Waals surface area contributed by atoms with Crippen molar-refractivity contribution in [2.24, 2.45) is 0 Å². The lowest BCUT2D eigenvalue weighted by Gasteiger charge is -2.28. The molecule has 4 rings (SSSR count). The van der Waals surface area contributed by atoms with Crippen molar-refractivity contribution < 1.29 is 9.47 Å². The number of methoxy groups -OCH3 is 1. The lowest BCUT2D eigenvalue weighted by molar-refractivity contribution is 0.122. The molecule has 1 N–H and O–H groups in total. The molecule has 0 saturated carbocycles. The molecule has 2 aromatic heterocycles. The Hall–Kier alpha value is -2.93. The fraction of sp³-hybridized carbons (Fsp3) is 0.278. The van der Waals surface area contributed by atoms with Crippen LogP contribution in [0, 0.1) is 0 Å². The van der Waals surface area contributed by atoms with Crippen LogP contribution in [0.5, 0.6) is 5.75 Å². The molecule has 0 amide bonds. The number of fused-ring (bicyclic) bond motifs is 1. The first kappa shape index (κ1) is 15.6. The monoisotopic (exact) mass is 337 g/mol. The highest BCUT2D eigenvalue weighted by molar-refractivity contribution is 5.91. The van der Waals surface area contributed by atoms with Gasteiger partial charge in [-0.15, -0.1) is 0 Å². The number of ether oxygens (including phenoxy) is 2. The minimum absolute atomic E-state index is 0.734. The van der Waals surface area contributed by atoms with Crippen LogP contribution in [0.2, 0.25) is 0 Å². The average molecular weight is 337 g/mol. The van der Waals surface area contributed by atoms with E-state index in [1.54, 1.807) is 19.6 Å². The molecular weight excluding hydrogens is 318 g/mol. The summed E-state index contributed by atoms with van der Waals surface area (Å²) in [7, 11) is 1.64. The highest BCUT2D eigenvalue weighted by atomic mass is 16.5. The number of anilines is 3. The molecular formula is C18H19N5O2. The predicted octanol–water partition coefficient (Wildman–Crippen LogP) is 2.61. The van der Waals surface area contributed by atoms with Crippen LogP contribution in [0.1, 0.15) is 0 Å². The van der Waals surface area contributed by atoms with Gasteiger partial charge in [0, 0.05) is 42.5 Å². The van der Waals surface area contributed by atoms with Gasteiger partial charge in [0.25, 0.3) is 0 Å². The lowest BCUT2D eigenvalue weighted by atomic mass is 10.2. The second-order valence-corrected chi connectivity index (χ2v) is 5.73. The first-order valence-corrected chi connectivity index (χ1v) is 8.18. The number of hydrogen-bond donors (Lipinski definition) is 1. The Bertz CT molecular complexity index is 880. The Morgan fingerprint density at radius 3 is 2.80 bits per heavy atom. The van der Waals surface area contributed by atoms with Gasteiger partial charge in [0.05, 0.1) is 25.8 Å². The largest absolute Gasteiger partial charge is 0.497 e. The zero-order valence-corrected chi connectivity index (χ0v) is 14.0. The van der Waals surface area contributed by atoms with Gasteiger partial charge in [-0.3, -0.25) is 0 Å². The summed E-state index contributed by atoms with van der Waals surface area (Å²) in [6.07, 6.45) is 3.35. The number of hydrogen-bond acceptors (Lipinski definition) is 7. The molecule has 1 saturated heterocycles. The van der Waals surface area contributed by atoms with E-state index in [0.29, 0.717) is 0 Å². The van der Waals surface area contributed by atoms with E-state index >= 15 is 0 Å². The van der Waals surface area contributed by atoms with Gasteiger partial charge in [-0.2, -0.15) is 0 Å². The fourth-order valence-corrected chi connectivity index (χ4v) is 2.86. The number of aromatic nitrogens is 3. The van der Waals surface area contributed by atoms with Crippen LogP contribution >= 0.6 is 0 Å². The summed E-state index contributed by atoms with van der Waals surface area (Å²) in [5.74, 6) is 2.47. The summed E-state index contributed by atoms with van der Waals surface area (Å²) in [5, 5.41) is 4.31. The van der Waals surface area contributed by atoms with Crippen molar-refractivity contribution in [3.63, 3.8) is 0 Å². The first-order valence-electron chi connectivity index (χ1n) is 8.18. The molecule has 7 heteroatoms. The molecule has 1 aliphatic heterocycles. The van der Waals surface area contributed by atoms with Crippen molar-refractivity contribution in [1.82, 2.24) is 15.0 Å². The molecule has 0 radical (unpaired) electrons. The summed E-state index contributed by atoms with van der Waals surface area (Å²) >= 11 is 0. The molecule has 0 atom stereocenters. The SMILES string of the molecule is COc1ccc2c(Nc3ccnc(N4CCOCC4)c3)ncnc2c1. The third-order valence-electron chi connectivity index (χ3n) is 4.19. The highest BCUT2D eigenvalue weighted by Gasteiger charge is 2.13. The van der Waals surface area contributed by atoms with E-state index in [-0.39, 0.29) is 0 Å². The van der Waals surface area contributed by atoms with E-state index in [0.717, 1.165) is 60.3 Å². The van der Waals surface area contributed by atoms with E-state index in [1.165, 1.54) is 0 Å². The first-order chi connectivity index (χ1) is 12.3. The van der Waals surface area contributed by atoms with Crippen molar-refractivity contribution in [1.29, 1.82) is 0 Å². The van der Waals surface area contributed by atoms with Gasteiger partial charge in [-0.25, -0.2) is 15.0 Å². The summed E-state index contributed by atoms with van der Waals surface area (Å²) in [4.78, 5) is 15.4. The molecule has 0 spiro atoms. The third kappa shape index (κ3) is 3.32. The molecule has 1 fully saturated rings. The summed E-state index contributed by atoms with van der Waals surface area (Å²) in [6, 6.07) is 9.72. The van der Waals surface area contributed by atoms with Crippen LogP contribution in [-0.2, 0) is 4.74 Å². The van der Waals surface area contributed by atoms with Gasteiger partial charge in [0.2, 0.25) is 0 Å². The maximum absolute atomic E-state index is 5.40. The van der Waals surface area contributed by atoms with Gasteiger partial charge in [0.1, 0.15) is 23.7 Å². The van der Waals surface area contributed by atoms with Crippen molar-refractivity contribution >= 4 is 28.2 Å². The normalized spacial score (nSPS) is 14.5. The number of benzene rings is 1. The highest BCUT2D eigenvalue weighted by Crippen LogP contribution is 2.27. The Kier molecular flexibility index (Phi) is 4.30. The zero-order chi connectivity index (χ0) is 17.1. The van der Waals surface area contributed by atoms with E-state index in [1.807, 2.05) is 30.3 Å². The summed E-state index contributed by atoms with van der Waals surface area (Å²) in [6.45, 7) is 3.18. The van der Waals surface area contributed by atoms with Gasteiger partial charge < -0.3 is 19.7 Å². The van der Waals surface area contributed by atoms with Gasteiger partial charge in [-0.05, 0) is 18.2 Å². The number of rotatable bonds is 4. The third-order valence-corrected chi connectivity index (χ3v) is 4.19. The van der Waals surface area contributed by atoms with E-state index in [9.17, 15) is 0 Å². The summed E-state index contributed by atoms with van der Waals surface area (Å²) in [5.41, 5.74) is 1.77. The Balaban J connectivity index is 1.63. The molecule has 128 valence electrons. The van der Waals surface area contributed by atoms with E-state index < -0.39 is 0 Å². The smallest absolute Gasteiger partial charge is 0.141 e. The van der Waals surface area contributed by atoms with Crippen molar-refractivity contribution in [2.75, 3.05) is 43.6 Å². The second-order valence-electron chi connectivity index (χ2n) is 5.73. The van der Waals surface area contributed by atoms with Crippen molar-refractivity contribution in [2.45, 2.75) is 0 Å². The number of nitrogens with one attached hydrogen (secondary N) is 1. The van der Waals surface area contributed by atoms with E-state index in [4.69, 9.17) is 9.47 Å². The summed E-state index contributed by atoms with van der Waals surface area (Å²) < 4.78 is 10.7. The Morgan fingerprint density at radius 2 is 1.96 bits per heavy atom. The van der Waals surface area contributed by atoms with Crippen molar-refractivity contribution in [3.8, 4) is 5.75 Å². The average Bonchev–Trinajstić information content (AvgIpc) is 2.69. The van der Waals surface area contributed by atoms with Gasteiger partial charge in [0.15, 0.2) is 0 Å². The molecule has 7 nitrogen and oxygen atoms in total. The Labute approximate surface area is 145 Å². The molecule has 3 heterocycles. The van der Waals surface area contributed by atoms with Crippen LogP contribution in [0.25, 0.3) is 10.9 Å². The van der Waals surface area contributed by atoms with Gasteiger partial charge >= 0.3 is 0 Å². The molecule has 1 aromatic carbocycles. The molecule has 1 aliphatic rings. The van der Waals surface area contributed by atoms with Crippen LogP contribution in [0.3, 0.4) is 0 Å². The van der Waals surface area contributed by atoms with Crippen LogP contribution < -0.4 is 15.0 Å². The molecule has 0 aliphatic carbocycles. The van der Waals surface area contributed by atoms with Gasteiger partial charge in [-0.1, -0.05) is 0 Å². The molecule has 3 aromatic rings. The predicted molar refractivity (Wildman–Crippen MR) is 96.6 cm³/mol. The van der Waals surface area contributed by atoms with Crippen LogP contribution in [-0.4, -0.2) is 48.4 Å². The topological polar surface area (TPSA) is 72.4 Å². The zero-order valence-electron chi connectivity index (χ0n) is 14.0. The van der Waals surface area contributed by atoms with Crippen LogP contribution in [0.4, 0.5) is 17.3 Å². The number of nitrogens with zero attached hydrogens (tertiary/aromatic N) is 4.